The zero-order valence-electron chi connectivity index (χ0n) is 13.9. The third-order valence-electron chi connectivity index (χ3n) is 3.71. The fraction of sp³-hybridized carbons (Fsp3) is 0.278. The Morgan fingerprint density at radius 3 is 1.88 bits per heavy atom. The van der Waals surface area contributed by atoms with E-state index >= 15 is 0 Å². The number of nitrogens with zero attached hydrogens (tertiary/aromatic N) is 1. The lowest BCUT2D eigenvalue weighted by molar-refractivity contribution is -0.143. The van der Waals surface area contributed by atoms with Gasteiger partial charge in [-0.3, -0.25) is 4.79 Å². The van der Waals surface area contributed by atoms with E-state index < -0.39 is 35.0 Å². The first-order chi connectivity index (χ1) is 11.9. The van der Waals surface area contributed by atoms with Crippen molar-refractivity contribution in [1.82, 2.24) is 0 Å². The molecule has 2 aromatic rings. The first-order valence-electron chi connectivity index (χ1n) is 7.61. The van der Waals surface area contributed by atoms with Crippen molar-refractivity contribution in [3.8, 4) is 0 Å². The number of rotatable bonds is 3. The Hall–Kier alpha value is -2.51. The minimum absolute atomic E-state index is 0.000267. The summed E-state index contributed by atoms with van der Waals surface area (Å²) in [5.74, 6) is -0.935. The summed E-state index contributed by atoms with van der Waals surface area (Å²) in [5.41, 5.74) is -2.51. The van der Waals surface area contributed by atoms with Crippen LogP contribution in [0, 0.1) is 6.92 Å². The molecule has 0 saturated carbocycles. The number of hydrogen-bond acceptors (Lipinski definition) is 1. The molecule has 0 unspecified atom stereocenters. The molecule has 140 valence electrons. The van der Waals surface area contributed by atoms with Gasteiger partial charge in [0.1, 0.15) is 0 Å². The molecular weight excluding hydrogens is 360 g/mol. The second-order valence-electron chi connectivity index (χ2n) is 5.68. The molecule has 0 spiro atoms. The molecule has 2 nitrogen and oxygen atoms in total. The van der Waals surface area contributed by atoms with Crippen LogP contribution in [0.4, 0.5) is 32.0 Å². The second-order valence-corrected chi connectivity index (χ2v) is 5.68. The van der Waals surface area contributed by atoms with Crippen molar-refractivity contribution in [2.24, 2.45) is 0 Å². The van der Waals surface area contributed by atoms with E-state index in [2.05, 4.69) is 0 Å². The highest BCUT2D eigenvalue weighted by atomic mass is 19.4. The number of halogens is 6. The molecule has 0 bridgehead atoms. The number of benzene rings is 2. The van der Waals surface area contributed by atoms with E-state index in [0.29, 0.717) is 17.8 Å². The van der Waals surface area contributed by atoms with E-state index in [1.807, 2.05) is 0 Å². The number of hydrogen-bond donors (Lipinski definition) is 0. The molecule has 0 atom stereocenters. The van der Waals surface area contributed by atoms with Gasteiger partial charge in [0.05, 0.1) is 11.1 Å². The summed E-state index contributed by atoms with van der Waals surface area (Å²) in [7, 11) is 0. The van der Waals surface area contributed by atoms with Gasteiger partial charge in [-0.15, -0.1) is 0 Å². The van der Waals surface area contributed by atoms with Gasteiger partial charge in [0.2, 0.25) is 0 Å². The third kappa shape index (κ3) is 4.36. The van der Waals surface area contributed by atoms with Gasteiger partial charge in [-0.1, -0.05) is 12.1 Å². The first-order valence-corrected chi connectivity index (χ1v) is 7.61. The van der Waals surface area contributed by atoms with E-state index in [1.165, 1.54) is 0 Å². The van der Waals surface area contributed by atoms with Crippen molar-refractivity contribution in [1.29, 1.82) is 0 Å². The summed E-state index contributed by atoms with van der Waals surface area (Å²) in [6.45, 7) is 3.42. The predicted octanol–water partition coefficient (Wildman–Crippen LogP) is 5.70. The molecule has 2 rings (SSSR count). The fourth-order valence-electron chi connectivity index (χ4n) is 2.47. The van der Waals surface area contributed by atoms with Gasteiger partial charge in [-0.05, 0) is 49.7 Å². The van der Waals surface area contributed by atoms with E-state index in [4.69, 9.17) is 0 Å². The van der Waals surface area contributed by atoms with Crippen LogP contribution < -0.4 is 4.90 Å². The quantitative estimate of drug-likeness (QED) is 0.631. The highest BCUT2D eigenvalue weighted by molar-refractivity contribution is 6.06. The molecule has 0 aliphatic rings. The van der Waals surface area contributed by atoms with Gasteiger partial charge in [-0.2, -0.15) is 26.3 Å². The van der Waals surface area contributed by atoms with Crippen LogP contribution in [0.2, 0.25) is 0 Å². The van der Waals surface area contributed by atoms with Gasteiger partial charge >= 0.3 is 12.4 Å². The maximum atomic E-state index is 13.0. The Balaban J connectivity index is 2.56. The van der Waals surface area contributed by atoms with E-state index in [1.54, 1.807) is 38.1 Å². The Morgan fingerprint density at radius 2 is 1.46 bits per heavy atom. The number of alkyl halides is 6. The van der Waals surface area contributed by atoms with Crippen LogP contribution in [0.1, 0.15) is 34.0 Å². The molecule has 0 radical (unpaired) electrons. The lowest BCUT2D eigenvalue weighted by Crippen LogP contribution is -2.31. The lowest BCUT2D eigenvalue weighted by Gasteiger charge is -2.23. The Labute approximate surface area is 146 Å². The monoisotopic (exact) mass is 375 g/mol. The van der Waals surface area contributed by atoms with Crippen LogP contribution in [0.25, 0.3) is 0 Å². The average Bonchev–Trinajstić information content (AvgIpc) is 2.53. The van der Waals surface area contributed by atoms with Crippen LogP contribution in [0.5, 0.6) is 0 Å². The number of aryl methyl sites for hydroxylation is 1. The second kappa shape index (κ2) is 7.01. The molecular formula is C18H15F6NO. The summed E-state index contributed by atoms with van der Waals surface area (Å²) in [6.07, 6.45) is -10.0. The Morgan fingerprint density at radius 1 is 0.923 bits per heavy atom. The molecule has 0 aromatic heterocycles. The van der Waals surface area contributed by atoms with E-state index in [-0.39, 0.29) is 12.6 Å². The zero-order chi connectivity index (χ0) is 19.7. The molecule has 26 heavy (non-hydrogen) atoms. The SMILES string of the molecule is CCN(C(=O)c1cc(C(F)(F)F)cc(C(F)(F)F)c1)c1cccc(C)c1. The minimum Gasteiger partial charge on any atom is -0.309 e. The van der Waals surface area contributed by atoms with Crippen LogP contribution in [0.3, 0.4) is 0 Å². The van der Waals surface area contributed by atoms with Crippen molar-refractivity contribution in [2.75, 3.05) is 11.4 Å². The predicted molar refractivity (Wildman–Crippen MR) is 85.0 cm³/mol. The maximum Gasteiger partial charge on any atom is 0.416 e. The smallest absolute Gasteiger partial charge is 0.309 e. The van der Waals surface area contributed by atoms with Crippen LogP contribution in [-0.2, 0) is 12.4 Å². The first kappa shape index (κ1) is 19.8. The van der Waals surface area contributed by atoms with Crippen molar-refractivity contribution in [2.45, 2.75) is 26.2 Å². The fourth-order valence-corrected chi connectivity index (χ4v) is 2.47. The van der Waals surface area contributed by atoms with Crippen molar-refractivity contribution >= 4 is 11.6 Å². The normalized spacial score (nSPS) is 12.2. The number of anilines is 1. The molecule has 8 heteroatoms. The third-order valence-corrected chi connectivity index (χ3v) is 3.71. The highest BCUT2D eigenvalue weighted by Gasteiger charge is 2.38. The molecule has 0 heterocycles. The van der Waals surface area contributed by atoms with Gasteiger partial charge < -0.3 is 4.90 Å². The summed E-state index contributed by atoms with van der Waals surface area (Å²) < 4.78 is 77.8. The van der Waals surface area contributed by atoms with Crippen molar-refractivity contribution in [3.63, 3.8) is 0 Å². The molecule has 2 aromatic carbocycles. The molecule has 0 aliphatic heterocycles. The molecule has 0 fully saturated rings. The maximum absolute atomic E-state index is 13.0. The minimum atomic E-state index is -5.00. The van der Waals surface area contributed by atoms with Crippen LogP contribution in [-0.4, -0.2) is 12.5 Å². The van der Waals surface area contributed by atoms with Crippen molar-refractivity contribution < 1.29 is 31.1 Å². The van der Waals surface area contributed by atoms with Gasteiger partial charge in [0.25, 0.3) is 5.91 Å². The summed E-state index contributed by atoms with van der Waals surface area (Å²) >= 11 is 0. The molecule has 0 aliphatic carbocycles. The zero-order valence-corrected chi connectivity index (χ0v) is 13.9. The van der Waals surface area contributed by atoms with Gasteiger partial charge in [0, 0.05) is 17.8 Å². The number of amides is 1. The topological polar surface area (TPSA) is 20.3 Å². The number of carbonyl (C=O) groups is 1. The number of carbonyl (C=O) groups excluding carboxylic acids is 1. The van der Waals surface area contributed by atoms with Crippen LogP contribution >= 0.6 is 0 Å². The largest absolute Gasteiger partial charge is 0.416 e. The van der Waals surface area contributed by atoms with E-state index in [0.717, 1.165) is 10.5 Å². The molecule has 1 amide bonds. The lowest BCUT2D eigenvalue weighted by atomic mass is 10.0. The van der Waals surface area contributed by atoms with Crippen molar-refractivity contribution in [3.05, 3.63) is 64.7 Å². The molecule has 0 N–H and O–H groups in total. The standard InChI is InChI=1S/C18H15F6NO/c1-3-25(15-6-4-5-11(2)7-15)16(26)12-8-13(17(19,20)21)10-14(9-12)18(22,23)24/h4-10H,3H2,1-2H3. The average molecular weight is 375 g/mol. The Bertz CT molecular complexity index is 778. The van der Waals surface area contributed by atoms with Crippen LogP contribution in [0.15, 0.2) is 42.5 Å². The summed E-state index contributed by atoms with van der Waals surface area (Å²) in [4.78, 5) is 13.8. The highest BCUT2D eigenvalue weighted by Crippen LogP contribution is 2.36. The van der Waals surface area contributed by atoms with E-state index in [9.17, 15) is 31.1 Å². The summed E-state index contributed by atoms with van der Waals surface area (Å²) in [5, 5.41) is 0. The van der Waals surface area contributed by atoms with Gasteiger partial charge in [0.15, 0.2) is 0 Å². The summed E-state index contributed by atoms with van der Waals surface area (Å²) in [6, 6.07) is 7.47. The van der Waals surface area contributed by atoms with Gasteiger partial charge in [-0.25, -0.2) is 0 Å². The Kier molecular flexibility index (Phi) is 5.34. The molecule has 0 saturated heterocycles.